The highest BCUT2D eigenvalue weighted by molar-refractivity contribution is 5.88. The molecule has 4 rings (SSSR count). The molecule has 3 N–H and O–H groups in total. The van der Waals surface area contributed by atoms with Crippen LogP contribution in [0.15, 0.2) is 48.2 Å². The third-order valence-corrected chi connectivity index (χ3v) is 9.43. The molecular weight excluding hydrogens is 448 g/mol. The third kappa shape index (κ3) is 5.13. The molecule has 0 saturated heterocycles. The summed E-state index contributed by atoms with van der Waals surface area (Å²) < 4.78 is 5.35. The predicted octanol–water partition coefficient (Wildman–Crippen LogP) is 6.33. The van der Waals surface area contributed by atoms with Gasteiger partial charge in [0.2, 0.25) is 5.91 Å². The Labute approximate surface area is 216 Å². The first-order chi connectivity index (χ1) is 17.1. The van der Waals surface area contributed by atoms with E-state index in [1.165, 1.54) is 11.1 Å². The first-order valence-corrected chi connectivity index (χ1v) is 13.5. The number of amides is 1. The minimum absolute atomic E-state index is 0.0293. The molecule has 2 aromatic rings. The summed E-state index contributed by atoms with van der Waals surface area (Å²) in [6.45, 7) is 14.0. The van der Waals surface area contributed by atoms with Gasteiger partial charge in [0.05, 0.1) is 13.2 Å². The number of hydrogen-bond donors (Lipinski definition) is 3. The second-order valence-electron chi connectivity index (χ2n) is 12.0. The van der Waals surface area contributed by atoms with Gasteiger partial charge < -0.3 is 20.1 Å². The van der Waals surface area contributed by atoms with Gasteiger partial charge in [-0.2, -0.15) is 0 Å². The van der Waals surface area contributed by atoms with Gasteiger partial charge in [-0.05, 0) is 98.3 Å². The van der Waals surface area contributed by atoms with E-state index in [1.807, 2.05) is 24.4 Å². The van der Waals surface area contributed by atoms with Crippen molar-refractivity contribution in [2.24, 2.45) is 22.7 Å². The van der Waals surface area contributed by atoms with E-state index in [0.717, 1.165) is 67.2 Å². The molecule has 0 bridgehead atoms. The van der Waals surface area contributed by atoms with Crippen LogP contribution < -0.4 is 10.1 Å². The van der Waals surface area contributed by atoms with Crippen LogP contribution in [-0.4, -0.2) is 35.8 Å². The molecule has 5 nitrogen and oxygen atoms in total. The summed E-state index contributed by atoms with van der Waals surface area (Å²) in [7, 11) is 1.67. The number of aliphatic hydroxyl groups excluding tert-OH is 1. The van der Waals surface area contributed by atoms with Gasteiger partial charge >= 0.3 is 0 Å². The number of methoxy groups -OCH3 is 1. The fraction of sp³-hybridized carbons (Fsp3) is 0.581. The molecule has 0 unspecified atom stereocenters. The van der Waals surface area contributed by atoms with E-state index in [0.29, 0.717) is 18.4 Å². The topological polar surface area (TPSA) is 74.4 Å². The Balaban J connectivity index is 1.32. The van der Waals surface area contributed by atoms with Crippen LogP contribution in [0.3, 0.4) is 0 Å². The first kappa shape index (κ1) is 26.5. The van der Waals surface area contributed by atoms with Gasteiger partial charge in [0.15, 0.2) is 0 Å². The Morgan fingerprint density at radius 1 is 1.31 bits per heavy atom. The molecule has 2 aliphatic carbocycles. The normalized spacial score (nSPS) is 28.1. The smallest absolute Gasteiger partial charge is 0.243 e. The largest absolute Gasteiger partial charge is 0.497 e. The van der Waals surface area contributed by atoms with Gasteiger partial charge in [0, 0.05) is 29.7 Å². The number of hydrogen-bond acceptors (Lipinski definition) is 3. The minimum Gasteiger partial charge on any atom is -0.497 e. The number of nitrogens with one attached hydrogen (secondary N) is 2. The highest BCUT2D eigenvalue weighted by Gasteiger charge is 2.55. The van der Waals surface area contributed by atoms with E-state index >= 15 is 0 Å². The van der Waals surface area contributed by atoms with Crippen molar-refractivity contribution in [2.45, 2.75) is 78.7 Å². The number of ether oxygens (including phenoxy) is 1. The number of aromatic amines is 1. The van der Waals surface area contributed by atoms with Crippen molar-refractivity contribution in [1.82, 2.24) is 10.3 Å². The average molecular weight is 493 g/mol. The van der Waals surface area contributed by atoms with E-state index in [2.05, 4.69) is 44.6 Å². The summed E-state index contributed by atoms with van der Waals surface area (Å²) in [6.07, 6.45) is 10.3. The van der Waals surface area contributed by atoms with Crippen LogP contribution in [0, 0.1) is 22.7 Å². The molecule has 196 valence electrons. The van der Waals surface area contributed by atoms with Gasteiger partial charge in [-0.3, -0.25) is 4.79 Å². The van der Waals surface area contributed by atoms with E-state index in [9.17, 15) is 9.90 Å². The molecule has 0 radical (unpaired) electrons. The van der Waals surface area contributed by atoms with Crippen LogP contribution in [-0.2, 0) is 11.2 Å². The average Bonchev–Trinajstić information content (AvgIpc) is 3.23. The number of benzene rings is 1. The molecule has 1 aromatic heterocycles. The Kier molecular flexibility index (Phi) is 7.70. The predicted molar refractivity (Wildman–Crippen MR) is 147 cm³/mol. The zero-order chi connectivity index (χ0) is 26.1. The molecule has 0 aliphatic heterocycles. The number of allylic oxidation sites excluding steroid dienone is 2. The fourth-order valence-electron chi connectivity index (χ4n) is 7.23. The van der Waals surface area contributed by atoms with Gasteiger partial charge in [0.25, 0.3) is 0 Å². The minimum atomic E-state index is -0.223. The monoisotopic (exact) mass is 492 g/mol. The molecular formula is C31H44N2O3. The van der Waals surface area contributed by atoms with E-state index in [-0.39, 0.29) is 22.8 Å². The van der Waals surface area contributed by atoms with Crippen molar-refractivity contribution in [3.05, 3.63) is 53.8 Å². The van der Waals surface area contributed by atoms with Crippen molar-refractivity contribution < 1.29 is 14.6 Å². The highest BCUT2D eigenvalue weighted by atomic mass is 16.5. The van der Waals surface area contributed by atoms with Gasteiger partial charge in [-0.1, -0.05) is 38.5 Å². The van der Waals surface area contributed by atoms with Crippen LogP contribution in [0.4, 0.5) is 0 Å². The summed E-state index contributed by atoms with van der Waals surface area (Å²) in [4.78, 5) is 15.9. The lowest BCUT2D eigenvalue weighted by Crippen LogP contribution is -2.54. The summed E-state index contributed by atoms with van der Waals surface area (Å²) in [6, 6.07) is 5.99. The maximum atomic E-state index is 12.6. The summed E-state index contributed by atoms with van der Waals surface area (Å²) in [5, 5.41) is 14.9. The zero-order valence-corrected chi connectivity index (χ0v) is 22.7. The lowest BCUT2D eigenvalue weighted by atomic mass is 9.46. The number of carbonyl (C=O) groups is 1. The zero-order valence-electron chi connectivity index (χ0n) is 22.7. The van der Waals surface area contributed by atoms with Gasteiger partial charge in [-0.15, -0.1) is 0 Å². The van der Waals surface area contributed by atoms with Crippen molar-refractivity contribution in [2.75, 3.05) is 13.7 Å². The van der Waals surface area contributed by atoms with Crippen molar-refractivity contribution in [1.29, 1.82) is 0 Å². The summed E-state index contributed by atoms with van der Waals surface area (Å²) >= 11 is 0. The summed E-state index contributed by atoms with van der Waals surface area (Å²) in [5.41, 5.74) is 4.81. The molecule has 1 amide bonds. The molecule has 2 fully saturated rings. The molecule has 2 aliphatic rings. The highest BCUT2D eigenvalue weighted by Crippen LogP contribution is 2.61. The van der Waals surface area contributed by atoms with Crippen molar-refractivity contribution >= 4 is 16.8 Å². The van der Waals surface area contributed by atoms with E-state index in [4.69, 9.17) is 4.74 Å². The Morgan fingerprint density at radius 2 is 2.08 bits per heavy atom. The van der Waals surface area contributed by atoms with Crippen LogP contribution >= 0.6 is 0 Å². The molecule has 5 heteroatoms. The maximum Gasteiger partial charge on any atom is 0.243 e. The van der Waals surface area contributed by atoms with Crippen LogP contribution in [0.1, 0.15) is 71.8 Å². The lowest BCUT2D eigenvalue weighted by Gasteiger charge is -2.59. The van der Waals surface area contributed by atoms with Crippen LogP contribution in [0.25, 0.3) is 10.9 Å². The summed E-state index contributed by atoms with van der Waals surface area (Å²) in [5.74, 6) is 1.74. The Morgan fingerprint density at radius 3 is 2.83 bits per heavy atom. The third-order valence-electron chi connectivity index (χ3n) is 9.43. The number of rotatable bonds is 8. The number of aromatic nitrogens is 1. The number of fused-ring (bicyclic) bond motifs is 2. The first-order valence-electron chi connectivity index (χ1n) is 13.5. The Hall–Kier alpha value is -2.53. The molecule has 0 spiro atoms. The van der Waals surface area contributed by atoms with Crippen molar-refractivity contribution in [3.8, 4) is 5.75 Å². The van der Waals surface area contributed by atoms with Gasteiger partial charge in [-0.25, -0.2) is 0 Å². The number of H-pyrrole nitrogens is 1. The molecule has 2 saturated carbocycles. The molecule has 1 aromatic carbocycles. The maximum absolute atomic E-state index is 12.6. The Bertz CT molecular complexity index is 1140. The van der Waals surface area contributed by atoms with Gasteiger partial charge in [0.1, 0.15) is 5.75 Å². The quantitative estimate of drug-likeness (QED) is 0.298. The van der Waals surface area contributed by atoms with Crippen LogP contribution in [0.5, 0.6) is 5.75 Å². The van der Waals surface area contributed by atoms with E-state index < -0.39 is 0 Å². The standard InChI is InChI=1S/C31H44N2O3/c1-20(7-10-25-21(2)8-12-27-30(3,4)28(34)13-15-31(25,27)5)17-29(35)32-16-14-22-19-33-26-11-9-23(36-6)18-24(22)26/h9,11,17-19,25,27-28,33-34H,2,7-8,10,12-16H2,1,3-6H3,(H,32,35)/t25-,27-,28-,31+/m1/s1. The molecule has 1 heterocycles. The van der Waals surface area contributed by atoms with Crippen LogP contribution in [0.2, 0.25) is 0 Å². The molecule has 36 heavy (non-hydrogen) atoms. The number of aliphatic hydroxyl groups is 1. The SMILES string of the molecule is C=C1CC[C@@H]2C(C)(C)[C@H](O)CC[C@@]2(C)[C@@H]1CCC(C)=CC(=O)NCCc1c[nH]c2ccc(OC)cc12. The second kappa shape index (κ2) is 10.5. The van der Waals surface area contributed by atoms with Crippen molar-refractivity contribution in [3.63, 3.8) is 0 Å². The second-order valence-corrected chi connectivity index (χ2v) is 12.0. The molecule has 4 atom stereocenters. The fourth-order valence-corrected chi connectivity index (χ4v) is 7.23. The van der Waals surface area contributed by atoms with E-state index in [1.54, 1.807) is 13.2 Å². The number of carbonyl (C=O) groups excluding carboxylic acids is 1. The lowest BCUT2D eigenvalue weighted by molar-refractivity contribution is -0.124.